The van der Waals surface area contributed by atoms with E-state index in [2.05, 4.69) is 20.8 Å². The van der Waals surface area contributed by atoms with E-state index in [0.717, 1.165) is 34.5 Å². The highest BCUT2D eigenvalue weighted by molar-refractivity contribution is 7.99. The lowest BCUT2D eigenvalue weighted by Gasteiger charge is -2.31. The quantitative estimate of drug-likeness (QED) is 0.0415. The van der Waals surface area contributed by atoms with Crippen LogP contribution in [0, 0.1) is 5.41 Å². The highest BCUT2D eigenvalue weighted by Gasteiger charge is 2.34. The van der Waals surface area contributed by atoms with Crippen LogP contribution >= 0.6 is 35.3 Å². The average Bonchev–Trinajstić information content (AvgIpc) is 2.99. The van der Waals surface area contributed by atoms with Crippen LogP contribution in [-0.2, 0) is 28.6 Å². The van der Waals surface area contributed by atoms with Crippen LogP contribution in [0.4, 0.5) is 0 Å². The molecule has 42 heavy (non-hydrogen) atoms. The molecule has 6 nitrogen and oxygen atoms in total. The van der Waals surface area contributed by atoms with Gasteiger partial charge in [0.2, 0.25) is 0 Å². The van der Waals surface area contributed by atoms with E-state index < -0.39 is 5.41 Å². The third-order valence-electron chi connectivity index (χ3n) is 7.15. The summed E-state index contributed by atoms with van der Waals surface area (Å²) in [7, 11) is 0. The zero-order valence-electron chi connectivity index (χ0n) is 27.4. The number of rotatable bonds is 31. The molecule has 0 aromatic heterocycles. The molecule has 0 radical (unpaired) electrons. The van der Waals surface area contributed by atoms with Gasteiger partial charge in [-0.25, -0.2) is 0 Å². The van der Waals surface area contributed by atoms with Crippen LogP contribution in [0.2, 0.25) is 0 Å². The van der Waals surface area contributed by atoms with E-state index in [-0.39, 0.29) is 37.7 Å². The van der Waals surface area contributed by atoms with Crippen molar-refractivity contribution in [2.24, 2.45) is 5.41 Å². The molecule has 248 valence electrons. The van der Waals surface area contributed by atoms with Gasteiger partial charge in [-0.1, -0.05) is 85.5 Å². The SMILES string of the molecule is CCCCCCSCCC(=O)OCC(CC)(COC(=O)CCSCCCCCC)COC(=O)CCSCCCCCC. The largest absolute Gasteiger partial charge is 0.465 e. The van der Waals surface area contributed by atoms with Crippen LogP contribution in [-0.4, -0.2) is 72.2 Å². The van der Waals surface area contributed by atoms with Gasteiger partial charge in [0, 0.05) is 17.3 Å². The Bertz CT molecular complexity index is 578. The lowest BCUT2D eigenvalue weighted by atomic mass is 9.88. The molecule has 0 bridgehead atoms. The zero-order valence-corrected chi connectivity index (χ0v) is 29.8. The normalized spacial score (nSPS) is 11.4. The second-order valence-corrected chi connectivity index (χ2v) is 14.8. The molecule has 0 heterocycles. The molecule has 0 fully saturated rings. The van der Waals surface area contributed by atoms with Gasteiger partial charge in [0.15, 0.2) is 0 Å². The summed E-state index contributed by atoms with van der Waals surface area (Å²) in [6.45, 7) is 8.78. The van der Waals surface area contributed by atoms with Crippen molar-refractivity contribution in [1.82, 2.24) is 0 Å². The first-order chi connectivity index (χ1) is 20.4. The number of esters is 3. The second-order valence-electron chi connectivity index (χ2n) is 11.1. The minimum absolute atomic E-state index is 0.0718. The molecule has 9 heteroatoms. The molecule has 0 aromatic carbocycles. The summed E-state index contributed by atoms with van der Waals surface area (Å²) >= 11 is 5.36. The summed E-state index contributed by atoms with van der Waals surface area (Å²) in [5, 5.41) is 0. The Kier molecular flexibility index (Phi) is 30.1. The van der Waals surface area contributed by atoms with E-state index in [1.54, 1.807) is 35.3 Å². The first-order valence-corrected chi connectivity index (χ1v) is 20.1. The summed E-state index contributed by atoms with van der Waals surface area (Å²) in [6.07, 6.45) is 16.3. The molecule has 0 rings (SSSR count). The lowest BCUT2D eigenvalue weighted by molar-refractivity contribution is -0.161. The Morgan fingerprint density at radius 1 is 0.452 bits per heavy atom. The molecular formula is C33H62O6S3. The van der Waals surface area contributed by atoms with Crippen molar-refractivity contribution < 1.29 is 28.6 Å². The zero-order chi connectivity index (χ0) is 31.2. The Labute approximate surface area is 271 Å². The Balaban J connectivity index is 4.70. The van der Waals surface area contributed by atoms with E-state index in [1.165, 1.54) is 77.0 Å². The van der Waals surface area contributed by atoms with Crippen molar-refractivity contribution >= 4 is 53.2 Å². The standard InChI is InChI=1S/C33H62O6S3/c1-5-9-12-15-21-40-24-18-30(34)37-27-33(8-4,28-38-31(35)19-25-41-22-16-13-10-6-2)29-39-32(36)20-26-42-23-17-14-11-7-3/h5-29H2,1-4H3. The first-order valence-electron chi connectivity index (χ1n) is 16.6. The van der Waals surface area contributed by atoms with Crippen LogP contribution in [0.3, 0.4) is 0 Å². The molecule has 0 saturated carbocycles. The van der Waals surface area contributed by atoms with E-state index >= 15 is 0 Å². The van der Waals surface area contributed by atoms with Crippen molar-refractivity contribution in [3.8, 4) is 0 Å². The highest BCUT2D eigenvalue weighted by atomic mass is 32.2. The average molecular weight is 651 g/mol. The predicted octanol–water partition coefficient (Wildman–Crippen LogP) is 9.12. The van der Waals surface area contributed by atoms with Gasteiger partial charge >= 0.3 is 17.9 Å². The van der Waals surface area contributed by atoms with E-state index in [1.807, 2.05) is 6.92 Å². The molecule has 0 aliphatic heterocycles. The number of carbonyl (C=O) groups excluding carboxylic acids is 3. The summed E-state index contributed by atoms with van der Waals surface area (Å²) in [5.41, 5.74) is -0.741. The molecule has 0 N–H and O–H groups in total. The summed E-state index contributed by atoms with van der Waals surface area (Å²) in [4.78, 5) is 37.5. The van der Waals surface area contributed by atoms with Gasteiger partial charge in [0.05, 0.1) is 24.7 Å². The number of carbonyl (C=O) groups is 3. The lowest BCUT2D eigenvalue weighted by Crippen LogP contribution is -2.39. The maximum atomic E-state index is 12.5. The molecule has 0 aromatic rings. The minimum Gasteiger partial charge on any atom is -0.465 e. The molecule has 0 aliphatic carbocycles. The van der Waals surface area contributed by atoms with Crippen LogP contribution in [0.5, 0.6) is 0 Å². The molecular weight excluding hydrogens is 589 g/mol. The summed E-state index contributed by atoms with van der Waals surface area (Å²) in [5.74, 6) is 4.62. The third-order valence-corrected chi connectivity index (χ3v) is 10.4. The van der Waals surface area contributed by atoms with Crippen molar-refractivity contribution in [3.05, 3.63) is 0 Å². The fraction of sp³-hybridized carbons (Fsp3) is 0.909. The molecule has 0 amide bonds. The molecule has 0 aliphatic rings. The first kappa shape index (κ1) is 41.5. The fourth-order valence-corrected chi connectivity index (χ4v) is 6.78. The van der Waals surface area contributed by atoms with Crippen molar-refractivity contribution in [3.63, 3.8) is 0 Å². The van der Waals surface area contributed by atoms with E-state index in [4.69, 9.17) is 14.2 Å². The summed E-state index contributed by atoms with van der Waals surface area (Å²) in [6, 6.07) is 0. The van der Waals surface area contributed by atoms with Gasteiger partial charge < -0.3 is 14.2 Å². The highest BCUT2D eigenvalue weighted by Crippen LogP contribution is 2.25. The van der Waals surface area contributed by atoms with Gasteiger partial charge in [0.1, 0.15) is 19.8 Å². The molecule has 0 spiro atoms. The van der Waals surface area contributed by atoms with E-state index in [9.17, 15) is 14.4 Å². The molecule has 0 unspecified atom stereocenters. The Morgan fingerprint density at radius 3 is 1.02 bits per heavy atom. The molecule has 0 saturated heterocycles. The summed E-state index contributed by atoms with van der Waals surface area (Å²) < 4.78 is 17.0. The van der Waals surface area contributed by atoms with Gasteiger partial charge in [-0.05, 0) is 42.9 Å². The minimum atomic E-state index is -0.741. The van der Waals surface area contributed by atoms with Crippen LogP contribution in [0.25, 0.3) is 0 Å². The monoisotopic (exact) mass is 650 g/mol. The van der Waals surface area contributed by atoms with Gasteiger partial charge in [0.25, 0.3) is 0 Å². The van der Waals surface area contributed by atoms with Crippen molar-refractivity contribution in [2.45, 2.75) is 130 Å². The van der Waals surface area contributed by atoms with E-state index in [0.29, 0.717) is 25.7 Å². The smallest absolute Gasteiger partial charge is 0.306 e. The number of ether oxygens (including phenoxy) is 3. The number of hydrogen-bond acceptors (Lipinski definition) is 9. The van der Waals surface area contributed by atoms with Gasteiger partial charge in [-0.2, -0.15) is 35.3 Å². The number of thioether (sulfide) groups is 3. The van der Waals surface area contributed by atoms with Crippen molar-refractivity contribution in [2.75, 3.05) is 54.3 Å². The number of unbranched alkanes of at least 4 members (excludes halogenated alkanes) is 9. The fourth-order valence-electron chi connectivity index (χ4n) is 4.01. The topological polar surface area (TPSA) is 78.9 Å². The van der Waals surface area contributed by atoms with Crippen LogP contribution in [0.15, 0.2) is 0 Å². The maximum absolute atomic E-state index is 12.5. The third kappa shape index (κ3) is 25.9. The number of hydrogen-bond donors (Lipinski definition) is 0. The van der Waals surface area contributed by atoms with Crippen LogP contribution in [0.1, 0.15) is 130 Å². The Morgan fingerprint density at radius 2 is 0.762 bits per heavy atom. The molecule has 0 atom stereocenters. The van der Waals surface area contributed by atoms with Gasteiger partial charge in [-0.15, -0.1) is 0 Å². The maximum Gasteiger partial charge on any atom is 0.306 e. The van der Waals surface area contributed by atoms with Crippen LogP contribution < -0.4 is 0 Å². The predicted molar refractivity (Wildman–Crippen MR) is 184 cm³/mol. The van der Waals surface area contributed by atoms with Crippen molar-refractivity contribution in [1.29, 1.82) is 0 Å². The second kappa shape index (κ2) is 30.5. The Hall–Kier alpha value is -0.540. The van der Waals surface area contributed by atoms with Gasteiger partial charge in [-0.3, -0.25) is 14.4 Å².